The Morgan fingerprint density at radius 3 is 2.47 bits per heavy atom. The minimum atomic E-state index is -1.65. The van der Waals surface area contributed by atoms with Crippen LogP contribution in [0.15, 0.2) is 24.3 Å². The van der Waals surface area contributed by atoms with E-state index in [0.29, 0.717) is 12.0 Å². The summed E-state index contributed by atoms with van der Waals surface area (Å²) in [7, 11) is 0. The van der Waals surface area contributed by atoms with Gasteiger partial charge in [-0.1, -0.05) is 46.9 Å². The van der Waals surface area contributed by atoms with Gasteiger partial charge in [-0.3, -0.25) is 0 Å². The molecular formula is C8H5Cl3O3S. The maximum Gasteiger partial charge on any atom is 0.339 e. The number of carbonyl (C=O) groups is 1. The second-order valence-corrected chi connectivity index (χ2v) is 6.31. The molecule has 0 aliphatic carbocycles. The first-order valence-corrected chi connectivity index (χ1v) is 5.52. The van der Waals surface area contributed by atoms with Gasteiger partial charge >= 0.3 is 5.97 Å². The van der Waals surface area contributed by atoms with E-state index in [2.05, 4.69) is 0 Å². The first-order chi connectivity index (χ1) is 6.90. The molecule has 0 atom stereocenters. The molecule has 0 fully saturated rings. The van der Waals surface area contributed by atoms with Gasteiger partial charge in [0, 0.05) is 0 Å². The fourth-order valence-corrected chi connectivity index (χ4v) is 1.42. The number of alkyl halides is 3. The van der Waals surface area contributed by atoms with Crippen LogP contribution in [0.2, 0.25) is 0 Å². The third-order valence-corrected chi connectivity index (χ3v) is 2.36. The Bertz CT molecular complexity index is 364. The van der Waals surface area contributed by atoms with Crippen molar-refractivity contribution in [2.75, 3.05) is 0 Å². The first kappa shape index (κ1) is 12.8. The molecule has 0 amide bonds. The van der Waals surface area contributed by atoms with Crippen molar-refractivity contribution in [2.45, 2.75) is 3.12 Å². The molecule has 0 aliphatic heterocycles. The molecule has 3 nitrogen and oxygen atoms in total. The number of para-hydroxylation sites is 1. The average molecular weight is 288 g/mol. The van der Waals surface area contributed by atoms with Crippen molar-refractivity contribution in [1.82, 2.24) is 0 Å². The van der Waals surface area contributed by atoms with E-state index in [-0.39, 0.29) is 11.3 Å². The number of hydrogen-bond donors (Lipinski definition) is 1. The molecule has 1 rings (SSSR count). The zero-order valence-electron chi connectivity index (χ0n) is 7.12. The minimum absolute atomic E-state index is 0.0132. The summed E-state index contributed by atoms with van der Waals surface area (Å²) in [4.78, 5) is 10.8. The maximum atomic E-state index is 10.8. The van der Waals surface area contributed by atoms with Gasteiger partial charge in [-0.25, -0.2) is 4.79 Å². The fourth-order valence-electron chi connectivity index (χ4n) is 0.808. The van der Waals surface area contributed by atoms with Gasteiger partial charge in [0.15, 0.2) is 5.75 Å². The summed E-state index contributed by atoms with van der Waals surface area (Å²) in [6.45, 7) is 0. The predicted molar refractivity (Wildman–Crippen MR) is 61.9 cm³/mol. The molecule has 0 spiro atoms. The average Bonchev–Trinajstić information content (AvgIpc) is 2.14. The Balaban J connectivity index is 2.81. The highest BCUT2D eigenvalue weighted by atomic mass is 35.6. The lowest BCUT2D eigenvalue weighted by Gasteiger charge is -2.11. The van der Waals surface area contributed by atoms with E-state index in [1.807, 2.05) is 0 Å². The Hall–Kier alpha value is -0.290. The first-order valence-electron chi connectivity index (χ1n) is 3.65. The zero-order valence-corrected chi connectivity index (χ0v) is 10.2. The summed E-state index contributed by atoms with van der Waals surface area (Å²) >= 11 is 16.9. The Morgan fingerprint density at radius 1 is 1.33 bits per heavy atom. The van der Waals surface area contributed by atoms with Crippen LogP contribution < -0.4 is 4.18 Å². The molecule has 0 aliphatic rings. The lowest BCUT2D eigenvalue weighted by molar-refractivity contribution is 0.0695. The number of rotatable bonds is 3. The molecule has 0 saturated carbocycles. The van der Waals surface area contributed by atoms with Gasteiger partial charge in [0.25, 0.3) is 3.12 Å². The van der Waals surface area contributed by atoms with Crippen LogP contribution >= 0.6 is 46.8 Å². The van der Waals surface area contributed by atoms with E-state index in [1.54, 1.807) is 12.1 Å². The van der Waals surface area contributed by atoms with E-state index >= 15 is 0 Å². The monoisotopic (exact) mass is 286 g/mol. The van der Waals surface area contributed by atoms with Gasteiger partial charge in [0.05, 0.1) is 0 Å². The van der Waals surface area contributed by atoms with Crippen molar-refractivity contribution < 1.29 is 14.1 Å². The summed E-state index contributed by atoms with van der Waals surface area (Å²) in [6.07, 6.45) is 0. The second-order valence-electron chi connectivity index (χ2n) is 2.41. The fraction of sp³-hybridized carbons (Fsp3) is 0.125. The summed E-state index contributed by atoms with van der Waals surface area (Å²) in [5.41, 5.74) is 0.0132. The molecule has 0 radical (unpaired) electrons. The minimum Gasteiger partial charge on any atom is -0.478 e. The molecular weight excluding hydrogens is 283 g/mol. The van der Waals surface area contributed by atoms with Crippen molar-refractivity contribution in [3.63, 3.8) is 0 Å². The second kappa shape index (κ2) is 5.16. The van der Waals surface area contributed by atoms with Crippen molar-refractivity contribution in [2.24, 2.45) is 0 Å². The van der Waals surface area contributed by atoms with E-state index in [0.717, 1.165) is 0 Å². The molecule has 0 unspecified atom stereocenters. The molecule has 1 N–H and O–H groups in total. The molecule has 0 heterocycles. The van der Waals surface area contributed by atoms with Crippen LogP contribution in [0.25, 0.3) is 0 Å². The van der Waals surface area contributed by atoms with E-state index in [4.69, 9.17) is 44.1 Å². The topological polar surface area (TPSA) is 46.5 Å². The number of carboxylic acids is 1. The van der Waals surface area contributed by atoms with Gasteiger partial charge in [-0.15, -0.1) is 0 Å². The number of benzene rings is 1. The molecule has 7 heteroatoms. The van der Waals surface area contributed by atoms with Gasteiger partial charge in [0.2, 0.25) is 0 Å². The summed E-state index contributed by atoms with van der Waals surface area (Å²) < 4.78 is 3.36. The van der Waals surface area contributed by atoms with E-state index in [1.165, 1.54) is 12.1 Å². The van der Waals surface area contributed by atoms with Crippen molar-refractivity contribution >= 4 is 52.8 Å². The molecule has 1 aromatic carbocycles. The van der Waals surface area contributed by atoms with Gasteiger partial charge < -0.3 is 9.29 Å². The van der Waals surface area contributed by atoms with E-state index < -0.39 is 9.09 Å². The lowest BCUT2D eigenvalue weighted by atomic mass is 10.2. The van der Waals surface area contributed by atoms with Crippen molar-refractivity contribution in [3.8, 4) is 5.75 Å². The van der Waals surface area contributed by atoms with Gasteiger partial charge in [-0.05, 0) is 12.1 Å². The predicted octanol–water partition coefficient (Wildman–Crippen LogP) is 3.74. The van der Waals surface area contributed by atoms with Gasteiger partial charge in [0.1, 0.15) is 17.6 Å². The number of carboxylic acid groups (broad SMARTS) is 1. The van der Waals surface area contributed by atoms with Crippen LogP contribution in [-0.4, -0.2) is 14.2 Å². The third-order valence-electron chi connectivity index (χ3n) is 1.34. The van der Waals surface area contributed by atoms with Crippen LogP contribution in [0.4, 0.5) is 0 Å². The van der Waals surface area contributed by atoms with Crippen molar-refractivity contribution in [1.29, 1.82) is 0 Å². The van der Waals surface area contributed by atoms with Crippen LogP contribution in [0, 0.1) is 0 Å². The summed E-state index contributed by atoms with van der Waals surface area (Å²) in [6, 6.07) is 6.08. The van der Waals surface area contributed by atoms with Crippen LogP contribution in [0.1, 0.15) is 10.4 Å². The molecule has 15 heavy (non-hydrogen) atoms. The smallest absolute Gasteiger partial charge is 0.339 e. The zero-order chi connectivity index (χ0) is 11.5. The molecule has 0 aromatic heterocycles. The van der Waals surface area contributed by atoms with Crippen LogP contribution in [-0.2, 0) is 0 Å². The number of halogens is 3. The summed E-state index contributed by atoms with van der Waals surface area (Å²) in [5.74, 6) is -0.961. The SMILES string of the molecule is O=C(O)c1ccccc1OSC(Cl)(Cl)Cl. The highest BCUT2D eigenvalue weighted by molar-refractivity contribution is 8.00. The highest BCUT2D eigenvalue weighted by Crippen LogP contribution is 2.40. The molecule has 82 valence electrons. The third kappa shape index (κ3) is 4.38. The highest BCUT2D eigenvalue weighted by Gasteiger charge is 2.24. The van der Waals surface area contributed by atoms with Crippen LogP contribution in [0.3, 0.4) is 0 Å². The van der Waals surface area contributed by atoms with Crippen LogP contribution in [0.5, 0.6) is 5.75 Å². The van der Waals surface area contributed by atoms with Crippen molar-refractivity contribution in [3.05, 3.63) is 29.8 Å². The molecule has 0 saturated heterocycles. The van der Waals surface area contributed by atoms with E-state index in [9.17, 15) is 4.79 Å². The van der Waals surface area contributed by atoms with Gasteiger partial charge in [-0.2, -0.15) is 0 Å². The number of aromatic carboxylic acids is 1. The largest absolute Gasteiger partial charge is 0.478 e. The Morgan fingerprint density at radius 2 is 1.93 bits per heavy atom. The number of hydrogen-bond acceptors (Lipinski definition) is 3. The Kier molecular flexibility index (Phi) is 4.40. The quantitative estimate of drug-likeness (QED) is 0.679. The lowest BCUT2D eigenvalue weighted by Crippen LogP contribution is -2.02. The normalized spacial score (nSPS) is 11.1. The maximum absolute atomic E-state index is 10.8. The standard InChI is InChI=1S/C8H5Cl3O3S/c9-8(10,11)15-14-6-4-2-1-3-5(6)7(12)13/h1-4H,(H,12,13). The molecule has 1 aromatic rings. The molecule has 0 bridgehead atoms. The summed E-state index contributed by atoms with van der Waals surface area (Å²) in [5, 5.41) is 8.81. The Labute approximate surface area is 105 Å².